The van der Waals surface area contributed by atoms with Crippen molar-refractivity contribution in [1.82, 2.24) is 4.90 Å². The van der Waals surface area contributed by atoms with Crippen molar-refractivity contribution in [1.29, 1.82) is 0 Å². The highest BCUT2D eigenvalue weighted by Gasteiger charge is 2.39. The standard InChI is InChI=1S/C17H20N2O4/c1-11(17(22)23)19(13-7-8-13)16(21)10-18-14-5-3-2-4-12(14)6-9-15(18)20/h2-5,11,13H,6-10H2,1H3,(H,22,23). The lowest BCUT2D eigenvalue weighted by Crippen LogP contribution is -2.50. The monoisotopic (exact) mass is 316 g/mol. The van der Waals surface area contributed by atoms with E-state index in [1.807, 2.05) is 24.3 Å². The Morgan fingerprint density at radius 1 is 1.30 bits per heavy atom. The Bertz CT molecular complexity index is 654. The summed E-state index contributed by atoms with van der Waals surface area (Å²) in [5.74, 6) is -1.40. The fourth-order valence-corrected chi connectivity index (χ4v) is 3.09. The van der Waals surface area contributed by atoms with Crippen LogP contribution in [0.25, 0.3) is 0 Å². The molecule has 0 radical (unpaired) electrons. The molecule has 23 heavy (non-hydrogen) atoms. The van der Waals surface area contributed by atoms with Gasteiger partial charge in [0.1, 0.15) is 12.6 Å². The number of carboxylic acids is 1. The lowest BCUT2D eigenvalue weighted by atomic mass is 10.0. The van der Waals surface area contributed by atoms with Gasteiger partial charge in [0.05, 0.1) is 0 Å². The molecule has 1 aromatic carbocycles. The Kier molecular flexibility index (Phi) is 4.07. The molecule has 0 saturated heterocycles. The van der Waals surface area contributed by atoms with Crippen molar-refractivity contribution in [2.75, 3.05) is 11.4 Å². The number of carbonyl (C=O) groups excluding carboxylic acids is 2. The molecule has 1 saturated carbocycles. The van der Waals surface area contributed by atoms with Crippen LogP contribution < -0.4 is 4.90 Å². The third-order valence-electron chi connectivity index (χ3n) is 4.49. The molecule has 6 nitrogen and oxygen atoms in total. The predicted octanol–water partition coefficient (Wildman–Crippen LogP) is 1.43. The highest BCUT2D eigenvalue weighted by molar-refractivity contribution is 6.01. The Hall–Kier alpha value is -2.37. The van der Waals surface area contributed by atoms with Gasteiger partial charge >= 0.3 is 5.97 Å². The van der Waals surface area contributed by atoms with E-state index < -0.39 is 12.0 Å². The fraction of sp³-hybridized carbons (Fsp3) is 0.471. The van der Waals surface area contributed by atoms with Crippen molar-refractivity contribution >= 4 is 23.5 Å². The zero-order chi connectivity index (χ0) is 16.6. The minimum absolute atomic E-state index is 0.0104. The number of anilines is 1. The topological polar surface area (TPSA) is 77.9 Å². The summed E-state index contributed by atoms with van der Waals surface area (Å²) >= 11 is 0. The number of nitrogens with zero attached hydrogens (tertiary/aromatic N) is 2. The number of hydrogen-bond donors (Lipinski definition) is 1. The van der Waals surface area contributed by atoms with Gasteiger partial charge < -0.3 is 14.9 Å². The molecular formula is C17H20N2O4. The molecule has 2 amide bonds. The normalized spacial score (nSPS) is 18.3. The number of benzene rings is 1. The first-order chi connectivity index (χ1) is 11.0. The predicted molar refractivity (Wildman–Crippen MR) is 84.1 cm³/mol. The van der Waals surface area contributed by atoms with E-state index in [2.05, 4.69) is 0 Å². The van der Waals surface area contributed by atoms with Gasteiger partial charge in [0, 0.05) is 18.2 Å². The molecule has 1 aliphatic heterocycles. The summed E-state index contributed by atoms with van der Waals surface area (Å²) in [6.07, 6.45) is 2.71. The van der Waals surface area contributed by atoms with Gasteiger partial charge in [-0.2, -0.15) is 0 Å². The molecule has 122 valence electrons. The summed E-state index contributed by atoms with van der Waals surface area (Å²) in [5.41, 5.74) is 1.81. The number of hydrogen-bond acceptors (Lipinski definition) is 3. The number of carboxylic acid groups (broad SMARTS) is 1. The van der Waals surface area contributed by atoms with E-state index in [0.717, 1.165) is 24.1 Å². The van der Waals surface area contributed by atoms with Crippen molar-refractivity contribution in [2.45, 2.75) is 44.7 Å². The van der Waals surface area contributed by atoms with Gasteiger partial charge in [-0.3, -0.25) is 9.59 Å². The molecule has 1 aliphatic carbocycles. The fourth-order valence-electron chi connectivity index (χ4n) is 3.09. The second-order valence-electron chi connectivity index (χ2n) is 6.15. The molecular weight excluding hydrogens is 296 g/mol. The third-order valence-corrected chi connectivity index (χ3v) is 4.49. The largest absolute Gasteiger partial charge is 0.480 e. The maximum absolute atomic E-state index is 12.7. The van der Waals surface area contributed by atoms with Gasteiger partial charge in [-0.05, 0) is 37.8 Å². The molecule has 0 spiro atoms. The van der Waals surface area contributed by atoms with Crippen LogP contribution in [0.4, 0.5) is 5.69 Å². The number of aliphatic carboxylic acids is 1. The summed E-state index contributed by atoms with van der Waals surface area (Å²) < 4.78 is 0. The van der Waals surface area contributed by atoms with Gasteiger partial charge in [-0.1, -0.05) is 18.2 Å². The summed E-state index contributed by atoms with van der Waals surface area (Å²) in [7, 11) is 0. The molecule has 0 aromatic heterocycles. The van der Waals surface area contributed by atoms with Crippen molar-refractivity contribution in [3.8, 4) is 0 Å². The van der Waals surface area contributed by atoms with E-state index in [9.17, 15) is 19.5 Å². The minimum atomic E-state index is -1.02. The molecule has 1 atom stereocenters. The molecule has 6 heteroatoms. The van der Waals surface area contributed by atoms with Gasteiger partial charge in [0.15, 0.2) is 0 Å². The first-order valence-electron chi connectivity index (χ1n) is 7.91. The van der Waals surface area contributed by atoms with E-state index in [1.54, 1.807) is 0 Å². The summed E-state index contributed by atoms with van der Waals surface area (Å²) in [4.78, 5) is 39.1. The van der Waals surface area contributed by atoms with E-state index in [1.165, 1.54) is 16.7 Å². The average molecular weight is 316 g/mol. The number of para-hydroxylation sites is 1. The molecule has 1 aromatic rings. The molecule has 1 heterocycles. The van der Waals surface area contributed by atoms with Crippen LogP contribution in [0.1, 0.15) is 31.7 Å². The van der Waals surface area contributed by atoms with Crippen LogP contribution in [-0.4, -0.2) is 46.4 Å². The highest BCUT2D eigenvalue weighted by atomic mass is 16.4. The Morgan fingerprint density at radius 3 is 2.65 bits per heavy atom. The lowest BCUT2D eigenvalue weighted by Gasteiger charge is -2.32. The zero-order valence-corrected chi connectivity index (χ0v) is 13.1. The van der Waals surface area contributed by atoms with E-state index >= 15 is 0 Å². The molecule has 1 unspecified atom stereocenters. The van der Waals surface area contributed by atoms with E-state index in [-0.39, 0.29) is 24.4 Å². The van der Waals surface area contributed by atoms with E-state index in [4.69, 9.17) is 0 Å². The van der Waals surface area contributed by atoms with Crippen molar-refractivity contribution < 1.29 is 19.5 Å². The summed E-state index contributed by atoms with van der Waals surface area (Å²) in [6.45, 7) is 1.43. The molecule has 1 fully saturated rings. The van der Waals surface area contributed by atoms with Gasteiger partial charge in [0.2, 0.25) is 11.8 Å². The molecule has 3 rings (SSSR count). The Balaban J connectivity index is 1.81. The van der Waals surface area contributed by atoms with Crippen LogP contribution >= 0.6 is 0 Å². The average Bonchev–Trinajstić information content (AvgIpc) is 3.35. The van der Waals surface area contributed by atoms with Gasteiger partial charge in [-0.25, -0.2) is 4.79 Å². The van der Waals surface area contributed by atoms with Crippen molar-refractivity contribution in [2.24, 2.45) is 0 Å². The SMILES string of the molecule is CC(C(=O)O)N(C(=O)CN1C(=O)CCc2ccccc21)C1CC1. The third kappa shape index (κ3) is 3.06. The number of fused-ring (bicyclic) bond motifs is 1. The van der Waals surface area contributed by atoms with Gasteiger partial charge in [0.25, 0.3) is 0 Å². The Labute approximate surface area is 134 Å². The molecule has 0 bridgehead atoms. The first-order valence-corrected chi connectivity index (χ1v) is 7.91. The second-order valence-corrected chi connectivity index (χ2v) is 6.15. The Morgan fingerprint density at radius 2 is 2.00 bits per heavy atom. The highest BCUT2D eigenvalue weighted by Crippen LogP contribution is 2.31. The number of aryl methyl sites for hydroxylation is 1. The summed E-state index contributed by atoms with van der Waals surface area (Å²) in [5, 5.41) is 9.22. The van der Waals surface area contributed by atoms with Crippen LogP contribution in [0.5, 0.6) is 0 Å². The van der Waals surface area contributed by atoms with Crippen LogP contribution in [0, 0.1) is 0 Å². The smallest absolute Gasteiger partial charge is 0.326 e. The first kappa shape index (κ1) is 15.5. The number of carbonyl (C=O) groups is 3. The van der Waals surface area contributed by atoms with Crippen LogP contribution in [-0.2, 0) is 20.8 Å². The van der Waals surface area contributed by atoms with Gasteiger partial charge in [-0.15, -0.1) is 0 Å². The number of rotatable bonds is 5. The quantitative estimate of drug-likeness (QED) is 0.891. The maximum atomic E-state index is 12.7. The maximum Gasteiger partial charge on any atom is 0.326 e. The summed E-state index contributed by atoms with van der Waals surface area (Å²) in [6, 6.07) is 6.67. The second kappa shape index (κ2) is 6.02. The lowest BCUT2D eigenvalue weighted by molar-refractivity contribution is -0.149. The van der Waals surface area contributed by atoms with Crippen LogP contribution in [0.15, 0.2) is 24.3 Å². The molecule has 2 aliphatic rings. The number of amides is 2. The van der Waals surface area contributed by atoms with E-state index in [0.29, 0.717) is 12.8 Å². The van der Waals surface area contributed by atoms with Crippen LogP contribution in [0.2, 0.25) is 0 Å². The van der Waals surface area contributed by atoms with Crippen molar-refractivity contribution in [3.63, 3.8) is 0 Å². The van der Waals surface area contributed by atoms with Crippen LogP contribution in [0.3, 0.4) is 0 Å². The van der Waals surface area contributed by atoms with Crippen molar-refractivity contribution in [3.05, 3.63) is 29.8 Å². The zero-order valence-electron chi connectivity index (χ0n) is 13.1. The minimum Gasteiger partial charge on any atom is -0.480 e. The molecule has 1 N–H and O–H groups in total.